The first-order chi connectivity index (χ1) is 14.3. The van der Waals surface area contributed by atoms with E-state index in [1.807, 2.05) is 35.8 Å². The molecule has 1 heterocycles. The van der Waals surface area contributed by atoms with Crippen LogP contribution in [0.5, 0.6) is 5.75 Å². The zero-order chi connectivity index (χ0) is 21.7. The Balaban J connectivity index is 1.64. The minimum atomic E-state index is -4.35. The fourth-order valence-corrected chi connectivity index (χ4v) is 3.90. The monoisotopic (exact) mass is 435 g/mol. The van der Waals surface area contributed by atoms with Crippen LogP contribution in [0.4, 0.5) is 13.2 Å². The highest BCUT2D eigenvalue weighted by molar-refractivity contribution is 7.98. The third-order valence-electron chi connectivity index (χ3n) is 4.65. The predicted octanol–water partition coefficient (Wildman–Crippen LogP) is 6.31. The van der Waals surface area contributed by atoms with Crippen molar-refractivity contribution in [1.29, 1.82) is 0 Å². The van der Waals surface area contributed by atoms with E-state index in [4.69, 9.17) is 4.74 Å². The summed E-state index contributed by atoms with van der Waals surface area (Å²) in [4.78, 5) is 0. The van der Waals surface area contributed by atoms with E-state index in [1.54, 1.807) is 6.07 Å². The third kappa shape index (κ3) is 5.56. The van der Waals surface area contributed by atoms with Crippen LogP contribution >= 0.6 is 11.8 Å². The number of alkyl halides is 3. The van der Waals surface area contributed by atoms with Gasteiger partial charge in [0.1, 0.15) is 12.4 Å². The SMILES string of the molecule is CCn1c(COc2ccc(C(C)C)cc2)nnc1SCc1cccc(C(F)(F)F)c1. The van der Waals surface area contributed by atoms with Crippen LogP contribution < -0.4 is 4.74 Å². The lowest BCUT2D eigenvalue weighted by atomic mass is 10.0. The number of rotatable bonds is 8. The molecule has 0 radical (unpaired) electrons. The van der Waals surface area contributed by atoms with Gasteiger partial charge in [0.25, 0.3) is 0 Å². The zero-order valence-electron chi connectivity index (χ0n) is 17.1. The van der Waals surface area contributed by atoms with Gasteiger partial charge in [-0.1, -0.05) is 55.9 Å². The molecular weight excluding hydrogens is 411 g/mol. The van der Waals surface area contributed by atoms with Crippen molar-refractivity contribution in [3.63, 3.8) is 0 Å². The lowest BCUT2D eigenvalue weighted by Crippen LogP contribution is -2.07. The number of aromatic nitrogens is 3. The van der Waals surface area contributed by atoms with Crippen LogP contribution in [0.1, 0.15) is 49.2 Å². The van der Waals surface area contributed by atoms with Gasteiger partial charge in [0, 0.05) is 12.3 Å². The topological polar surface area (TPSA) is 39.9 Å². The van der Waals surface area contributed by atoms with E-state index in [0.717, 1.165) is 11.8 Å². The summed E-state index contributed by atoms with van der Waals surface area (Å²) in [5, 5.41) is 9.06. The van der Waals surface area contributed by atoms with Gasteiger partial charge < -0.3 is 9.30 Å². The van der Waals surface area contributed by atoms with E-state index in [1.165, 1.54) is 29.5 Å². The average molecular weight is 436 g/mol. The number of hydrogen-bond acceptors (Lipinski definition) is 4. The second kappa shape index (κ2) is 9.55. The Morgan fingerprint density at radius 2 is 1.80 bits per heavy atom. The lowest BCUT2D eigenvalue weighted by molar-refractivity contribution is -0.137. The van der Waals surface area contributed by atoms with Gasteiger partial charge in [-0.15, -0.1) is 10.2 Å². The molecule has 0 unspecified atom stereocenters. The number of nitrogens with zero attached hydrogens (tertiary/aromatic N) is 3. The largest absolute Gasteiger partial charge is 0.486 e. The fourth-order valence-electron chi connectivity index (χ4n) is 2.93. The molecule has 3 aromatic rings. The maximum absolute atomic E-state index is 12.9. The smallest absolute Gasteiger partial charge is 0.416 e. The Morgan fingerprint density at radius 3 is 2.43 bits per heavy atom. The second-order valence-corrected chi connectivity index (χ2v) is 8.08. The Bertz CT molecular complexity index is 969. The first-order valence-corrected chi connectivity index (χ1v) is 10.7. The Hall–Kier alpha value is -2.48. The molecule has 0 saturated heterocycles. The summed E-state index contributed by atoms with van der Waals surface area (Å²) in [6, 6.07) is 13.3. The minimum Gasteiger partial charge on any atom is -0.486 e. The summed E-state index contributed by atoms with van der Waals surface area (Å²) in [6.07, 6.45) is -4.35. The summed E-state index contributed by atoms with van der Waals surface area (Å²) in [5.74, 6) is 2.26. The van der Waals surface area contributed by atoms with Crippen LogP contribution in [-0.2, 0) is 25.1 Å². The molecule has 30 heavy (non-hydrogen) atoms. The summed E-state index contributed by atoms with van der Waals surface area (Å²) in [5.41, 5.74) is 1.19. The van der Waals surface area contributed by atoms with Crippen LogP contribution in [0.2, 0.25) is 0 Å². The molecule has 0 bridgehead atoms. The highest BCUT2D eigenvalue weighted by Crippen LogP contribution is 2.31. The zero-order valence-corrected chi connectivity index (χ0v) is 17.9. The van der Waals surface area contributed by atoms with E-state index in [-0.39, 0.29) is 6.61 Å². The maximum Gasteiger partial charge on any atom is 0.416 e. The van der Waals surface area contributed by atoms with Crippen LogP contribution in [0.3, 0.4) is 0 Å². The van der Waals surface area contributed by atoms with Gasteiger partial charge >= 0.3 is 6.18 Å². The molecule has 0 aliphatic heterocycles. The average Bonchev–Trinajstić information content (AvgIpc) is 3.12. The lowest BCUT2D eigenvalue weighted by Gasteiger charge is -2.11. The van der Waals surface area contributed by atoms with Gasteiger partial charge in [-0.05, 0) is 42.2 Å². The minimum absolute atomic E-state index is 0.270. The Morgan fingerprint density at radius 1 is 1.07 bits per heavy atom. The number of thioether (sulfide) groups is 1. The van der Waals surface area contributed by atoms with Crippen LogP contribution in [0.25, 0.3) is 0 Å². The van der Waals surface area contributed by atoms with Crippen LogP contribution in [0.15, 0.2) is 53.7 Å². The standard InChI is InChI=1S/C22H24F3N3OS/c1-4-28-20(13-29-19-10-8-17(9-11-19)15(2)3)26-27-21(28)30-14-16-6-5-7-18(12-16)22(23,24)25/h5-12,15H,4,13-14H2,1-3H3. The van der Waals surface area contributed by atoms with Crippen molar-refractivity contribution in [2.24, 2.45) is 0 Å². The molecule has 2 aromatic carbocycles. The summed E-state index contributed by atoms with van der Waals surface area (Å²) >= 11 is 1.36. The molecular formula is C22H24F3N3OS. The van der Waals surface area contributed by atoms with E-state index < -0.39 is 11.7 Å². The molecule has 0 saturated carbocycles. The molecule has 160 valence electrons. The number of halogens is 3. The highest BCUT2D eigenvalue weighted by atomic mass is 32.2. The van der Waals surface area contributed by atoms with Crippen molar-refractivity contribution >= 4 is 11.8 Å². The first-order valence-electron chi connectivity index (χ1n) is 9.71. The summed E-state index contributed by atoms with van der Waals surface area (Å²) in [7, 11) is 0. The van der Waals surface area contributed by atoms with Crippen molar-refractivity contribution in [3.05, 3.63) is 71.0 Å². The van der Waals surface area contributed by atoms with Gasteiger partial charge in [0.15, 0.2) is 11.0 Å². The van der Waals surface area contributed by atoms with Crippen LogP contribution in [0, 0.1) is 0 Å². The van der Waals surface area contributed by atoms with E-state index in [0.29, 0.717) is 34.8 Å². The van der Waals surface area contributed by atoms with Crippen molar-refractivity contribution in [2.45, 2.75) is 56.9 Å². The van der Waals surface area contributed by atoms with Gasteiger partial charge in [0.05, 0.1) is 5.56 Å². The fraction of sp³-hybridized carbons (Fsp3) is 0.364. The van der Waals surface area contributed by atoms with Gasteiger partial charge in [-0.3, -0.25) is 0 Å². The maximum atomic E-state index is 12.9. The summed E-state index contributed by atoms with van der Waals surface area (Å²) in [6.45, 7) is 7.16. The van der Waals surface area contributed by atoms with Crippen molar-refractivity contribution < 1.29 is 17.9 Å². The second-order valence-electron chi connectivity index (χ2n) is 7.14. The highest BCUT2D eigenvalue weighted by Gasteiger charge is 2.30. The van der Waals surface area contributed by atoms with Gasteiger partial charge in [-0.2, -0.15) is 13.2 Å². The van der Waals surface area contributed by atoms with Crippen molar-refractivity contribution in [3.8, 4) is 5.75 Å². The first kappa shape index (κ1) is 22.2. The van der Waals surface area contributed by atoms with E-state index in [2.05, 4.69) is 24.0 Å². The van der Waals surface area contributed by atoms with E-state index in [9.17, 15) is 13.2 Å². The predicted molar refractivity (Wildman–Crippen MR) is 112 cm³/mol. The molecule has 1 aromatic heterocycles. The molecule has 0 aliphatic carbocycles. The number of ether oxygens (including phenoxy) is 1. The van der Waals surface area contributed by atoms with Crippen LogP contribution in [-0.4, -0.2) is 14.8 Å². The van der Waals surface area contributed by atoms with E-state index >= 15 is 0 Å². The molecule has 0 spiro atoms. The molecule has 3 rings (SSSR count). The molecule has 8 heteroatoms. The Labute approximate surface area is 178 Å². The Kier molecular flexibility index (Phi) is 7.07. The molecule has 0 N–H and O–H groups in total. The molecule has 4 nitrogen and oxygen atoms in total. The number of hydrogen-bond donors (Lipinski definition) is 0. The van der Waals surface area contributed by atoms with Gasteiger partial charge in [-0.25, -0.2) is 0 Å². The normalized spacial score (nSPS) is 11.8. The number of benzene rings is 2. The van der Waals surface area contributed by atoms with Gasteiger partial charge in [0.2, 0.25) is 0 Å². The molecule has 0 amide bonds. The van der Waals surface area contributed by atoms with Crippen molar-refractivity contribution in [2.75, 3.05) is 0 Å². The molecule has 0 aliphatic rings. The third-order valence-corrected chi connectivity index (χ3v) is 5.68. The summed E-state index contributed by atoms with van der Waals surface area (Å²) < 4.78 is 46.4. The van der Waals surface area contributed by atoms with Crippen molar-refractivity contribution in [1.82, 2.24) is 14.8 Å². The quantitative estimate of drug-likeness (QED) is 0.389. The molecule has 0 fully saturated rings. The molecule has 0 atom stereocenters.